The zero-order valence-electron chi connectivity index (χ0n) is 15.5. The van der Waals surface area contributed by atoms with Gasteiger partial charge < -0.3 is 19.7 Å². The first kappa shape index (κ1) is 19.2. The first-order valence-electron chi connectivity index (χ1n) is 8.53. The summed E-state index contributed by atoms with van der Waals surface area (Å²) in [6, 6.07) is 12.1. The summed E-state index contributed by atoms with van der Waals surface area (Å²) in [4.78, 5) is 12.8. The number of carbonyl (C=O) groups excluding carboxylic acids is 1. The number of carbonyl (C=O) groups is 1. The maximum Gasteiger partial charge on any atom is 0.253 e. The Balaban J connectivity index is 2.22. The maximum absolute atomic E-state index is 12.8. The number of hydrogen-bond acceptors (Lipinski definition) is 3. The van der Waals surface area contributed by atoms with Crippen LogP contribution in [0.25, 0.3) is 0 Å². The molecule has 0 fully saturated rings. The molecule has 1 aromatic heterocycles. The number of hydrogen-bond donors (Lipinski definition) is 2. The van der Waals surface area contributed by atoms with E-state index in [1.165, 1.54) is 5.56 Å². The average molecular weight is 344 g/mol. The van der Waals surface area contributed by atoms with E-state index in [4.69, 9.17) is 4.74 Å². The summed E-state index contributed by atoms with van der Waals surface area (Å²) < 4.78 is 7.35. The zero-order valence-corrected chi connectivity index (χ0v) is 15.5. The van der Waals surface area contributed by atoms with Crippen molar-refractivity contribution in [3.05, 3.63) is 58.9 Å². The predicted octanol–water partition coefficient (Wildman–Crippen LogP) is 2.67. The molecule has 1 atom stereocenters. The number of aliphatic hydroxyl groups excluding tert-OH is 1. The molecule has 0 saturated carbocycles. The standard InChI is InChI=1S/C20H28N2O3/c1-15-12-18(19(24)21-20(3,10-11-23)14-25-4)16(2)22(15)13-17-8-6-5-7-9-17/h5-9,12,23H,10-11,13-14H2,1-4H3,(H,21,24). The normalized spacial score (nSPS) is 13.5. The Kier molecular flexibility index (Phi) is 6.39. The molecule has 5 nitrogen and oxygen atoms in total. The fourth-order valence-electron chi connectivity index (χ4n) is 3.12. The SMILES string of the molecule is COCC(C)(CCO)NC(=O)c1cc(C)n(Cc2ccccc2)c1C. The molecule has 136 valence electrons. The molecule has 0 aliphatic carbocycles. The lowest BCUT2D eigenvalue weighted by molar-refractivity contribution is 0.0725. The van der Waals surface area contributed by atoms with E-state index in [9.17, 15) is 9.90 Å². The van der Waals surface area contributed by atoms with E-state index in [-0.39, 0.29) is 12.5 Å². The molecule has 1 amide bonds. The van der Waals surface area contributed by atoms with E-state index < -0.39 is 5.54 Å². The first-order chi connectivity index (χ1) is 11.9. The van der Waals surface area contributed by atoms with Crippen LogP contribution >= 0.6 is 0 Å². The van der Waals surface area contributed by atoms with Gasteiger partial charge in [0.05, 0.1) is 17.7 Å². The van der Waals surface area contributed by atoms with E-state index >= 15 is 0 Å². The van der Waals surface area contributed by atoms with Crippen molar-refractivity contribution in [2.24, 2.45) is 0 Å². The fourth-order valence-corrected chi connectivity index (χ4v) is 3.12. The number of nitrogens with one attached hydrogen (secondary N) is 1. The summed E-state index contributed by atoms with van der Waals surface area (Å²) in [7, 11) is 1.59. The van der Waals surface area contributed by atoms with Crippen molar-refractivity contribution in [2.45, 2.75) is 39.3 Å². The molecule has 1 unspecified atom stereocenters. The Labute approximate surface area is 149 Å². The third kappa shape index (κ3) is 4.71. The molecule has 1 heterocycles. The van der Waals surface area contributed by atoms with Crippen molar-refractivity contribution in [2.75, 3.05) is 20.3 Å². The van der Waals surface area contributed by atoms with Crippen LogP contribution in [-0.4, -0.2) is 41.4 Å². The number of aryl methyl sites for hydroxylation is 1. The van der Waals surface area contributed by atoms with E-state index in [0.717, 1.165) is 17.9 Å². The highest BCUT2D eigenvalue weighted by Crippen LogP contribution is 2.19. The van der Waals surface area contributed by atoms with E-state index in [0.29, 0.717) is 18.6 Å². The third-order valence-corrected chi connectivity index (χ3v) is 4.54. The highest BCUT2D eigenvalue weighted by molar-refractivity contribution is 5.96. The molecule has 0 aliphatic rings. The first-order valence-corrected chi connectivity index (χ1v) is 8.53. The molecule has 0 saturated heterocycles. The number of nitrogens with zero attached hydrogens (tertiary/aromatic N) is 1. The van der Waals surface area contributed by atoms with E-state index in [1.54, 1.807) is 7.11 Å². The van der Waals surface area contributed by atoms with Gasteiger partial charge in [0.25, 0.3) is 5.91 Å². The van der Waals surface area contributed by atoms with Gasteiger partial charge in [-0.2, -0.15) is 0 Å². The number of amides is 1. The monoisotopic (exact) mass is 344 g/mol. The van der Waals surface area contributed by atoms with E-state index in [1.807, 2.05) is 45.0 Å². The smallest absolute Gasteiger partial charge is 0.253 e. The van der Waals surface area contributed by atoms with Crippen LogP contribution in [-0.2, 0) is 11.3 Å². The quantitative estimate of drug-likeness (QED) is 0.774. The minimum Gasteiger partial charge on any atom is -0.396 e. The van der Waals surface area contributed by atoms with Gasteiger partial charge in [-0.1, -0.05) is 30.3 Å². The van der Waals surface area contributed by atoms with Crippen LogP contribution in [0.5, 0.6) is 0 Å². The molecule has 25 heavy (non-hydrogen) atoms. The Morgan fingerprint density at radius 3 is 2.56 bits per heavy atom. The van der Waals surface area contributed by atoms with Gasteiger partial charge in [0.1, 0.15) is 0 Å². The molecule has 0 bridgehead atoms. The number of methoxy groups -OCH3 is 1. The van der Waals surface area contributed by atoms with Crippen LogP contribution < -0.4 is 5.32 Å². The molecule has 5 heteroatoms. The molecule has 1 aromatic carbocycles. The Morgan fingerprint density at radius 2 is 1.96 bits per heavy atom. The Morgan fingerprint density at radius 1 is 1.28 bits per heavy atom. The minimum atomic E-state index is -0.595. The second-order valence-electron chi connectivity index (χ2n) is 6.78. The summed E-state index contributed by atoms with van der Waals surface area (Å²) in [5.74, 6) is -0.139. The molecular formula is C20H28N2O3. The second-order valence-corrected chi connectivity index (χ2v) is 6.78. The lowest BCUT2D eigenvalue weighted by atomic mass is 9.98. The average Bonchev–Trinajstić information content (AvgIpc) is 2.84. The summed E-state index contributed by atoms with van der Waals surface area (Å²) in [5, 5.41) is 12.3. The van der Waals surface area contributed by atoms with Crippen LogP contribution in [0.3, 0.4) is 0 Å². The second kappa shape index (κ2) is 8.32. The van der Waals surface area contributed by atoms with Gasteiger partial charge in [-0.05, 0) is 38.8 Å². The Bertz CT molecular complexity index is 701. The number of ether oxygens (including phenoxy) is 1. The van der Waals surface area contributed by atoms with Gasteiger partial charge in [-0.25, -0.2) is 0 Å². The highest BCUT2D eigenvalue weighted by atomic mass is 16.5. The van der Waals surface area contributed by atoms with Gasteiger partial charge in [-0.15, -0.1) is 0 Å². The lowest BCUT2D eigenvalue weighted by Gasteiger charge is -2.29. The van der Waals surface area contributed by atoms with Crippen LogP contribution in [0.15, 0.2) is 36.4 Å². The Hall–Kier alpha value is -2.11. The molecule has 0 aliphatic heterocycles. The number of aliphatic hydroxyl groups is 1. The van der Waals surface area contributed by atoms with Crippen molar-refractivity contribution in [3.8, 4) is 0 Å². The third-order valence-electron chi connectivity index (χ3n) is 4.54. The number of aromatic nitrogens is 1. The molecular weight excluding hydrogens is 316 g/mol. The van der Waals surface area contributed by atoms with Gasteiger partial charge >= 0.3 is 0 Å². The van der Waals surface area contributed by atoms with Crippen molar-refractivity contribution >= 4 is 5.91 Å². The van der Waals surface area contributed by atoms with Crippen LogP contribution in [0.1, 0.15) is 40.7 Å². The summed E-state index contributed by atoms with van der Waals surface area (Å²) in [6.07, 6.45) is 0.440. The highest BCUT2D eigenvalue weighted by Gasteiger charge is 2.28. The van der Waals surface area contributed by atoms with Gasteiger partial charge in [0.2, 0.25) is 0 Å². The van der Waals surface area contributed by atoms with Crippen LogP contribution in [0.4, 0.5) is 0 Å². The topological polar surface area (TPSA) is 63.5 Å². The zero-order chi connectivity index (χ0) is 18.4. The molecule has 2 rings (SSSR count). The fraction of sp³-hybridized carbons (Fsp3) is 0.450. The molecule has 0 spiro atoms. The molecule has 2 aromatic rings. The van der Waals surface area contributed by atoms with E-state index in [2.05, 4.69) is 22.0 Å². The van der Waals surface area contributed by atoms with Crippen molar-refractivity contribution in [1.29, 1.82) is 0 Å². The lowest BCUT2D eigenvalue weighted by Crippen LogP contribution is -2.50. The van der Waals surface area contributed by atoms with Gasteiger partial charge in [0.15, 0.2) is 0 Å². The summed E-state index contributed by atoms with van der Waals surface area (Å²) in [5.41, 5.74) is 3.24. The minimum absolute atomic E-state index is 0.00678. The number of benzene rings is 1. The van der Waals surface area contributed by atoms with Gasteiger partial charge in [0, 0.05) is 31.6 Å². The molecule has 0 radical (unpaired) electrons. The number of rotatable bonds is 8. The summed E-state index contributed by atoms with van der Waals surface area (Å²) in [6.45, 7) is 6.93. The van der Waals surface area contributed by atoms with Crippen molar-refractivity contribution in [1.82, 2.24) is 9.88 Å². The van der Waals surface area contributed by atoms with Gasteiger partial charge in [-0.3, -0.25) is 4.79 Å². The maximum atomic E-state index is 12.8. The largest absolute Gasteiger partial charge is 0.396 e. The van der Waals surface area contributed by atoms with Crippen molar-refractivity contribution in [3.63, 3.8) is 0 Å². The molecule has 2 N–H and O–H groups in total. The van der Waals surface area contributed by atoms with Crippen molar-refractivity contribution < 1.29 is 14.6 Å². The van der Waals surface area contributed by atoms with Crippen LogP contribution in [0, 0.1) is 13.8 Å². The predicted molar refractivity (Wildman–Crippen MR) is 98.9 cm³/mol. The van der Waals surface area contributed by atoms with Crippen LogP contribution in [0.2, 0.25) is 0 Å². The summed E-state index contributed by atoms with van der Waals surface area (Å²) >= 11 is 0.